The third-order valence-electron chi connectivity index (χ3n) is 2.98. The van der Waals surface area contributed by atoms with Crippen LogP contribution in [0.4, 0.5) is 0 Å². The first-order valence-electron chi connectivity index (χ1n) is 6.30. The summed E-state index contributed by atoms with van der Waals surface area (Å²) in [7, 11) is -1.92. The van der Waals surface area contributed by atoms with Gasteiger partial charge in [0.1, 0.15) is 0 Å². The maximum Gasteiger partial charge on any atom is 0.235 e. The van der Waals surface area contributed by atoms with Gasteiger partial charge >= 0.3 is 0 Å². The maximum atomic E-state index is 11.7. The van der Waals surface area contributed by atoms with Gasteiger partial charge in [0.25, 0.3) is 0 Å². The summed E-state index contributed by atoms with van der Waals surface area (Å²) in [5.74, 6) is -0.284. The molecule has 0 saturated carbocycles. The predicted octanol–water partition coefficient (Wildman–Crippen LogP) is -1.29. The second-order valence-electron chi connectivity index (χ2n) is 4.90. The second-order valence-corrected chi connectivity index (χ2v) is 6.99. The van der Waals surface area contributed by atoms with Crippen molar-refractivity contribution >= 4 is 15.9 Å². The Morgan fingerprint density at radius 1 is 1.42 bits per heavy atom. The van der Waals surface area contributed by atoms with E-state index < -0.39 is 10.0 Å². The summed E-state index contributed by atoms with van der Waals surface area (Å²) in [4.78, 5) is 13.9. The van der Waals surface area contributed by atoms with E-state index in [1.54, 1.807) is 0 Å². The minimum Gasteiger partial charge on any atom is -0.379 e. The molecule has 1 rings (SSSR count). The first-order valence-corrected chi connectivity index (χ1v) is 8.14. The molecule has 1 atom stereocenters. The molecule has 1 saturated heterocycles. The van der Waals surface area contributed by atoms with Crippen LogP contribution < -0.4 is 5.32 Å². The minimum absolute atomic E-state index is 0.0152. The minimum atomic E-state index is -3.32. The highest BCUT2D eigenvalue weighted by Crippen LogP contribution is 1.99. The molecule has 0 aliphatic carbocycles. The Hall–Kier alpha value is -0.700. The molecule has 1 heterocycles. The van der Waals surface area contributed by atoms with Crippen molar-refractivity contribution in [3.05, 3.63) is 0 Å². The molecule has 1 amide bonds. The summed E-state index contributed by atoms with van der Waals surface area (Å²) in [6, 6.07) is -0.0152. The van der Waals surface area contributed by atoms with Crippen molar-refractivity contribution in [1.82, 2.24) is 14.5 Å². The van der Waals surface area contributed by atoms with E-state index in [-0.39, 0.29) is 18.5 Å². The van der Waals surface area contributed by atoms with Crippen LogP contribution in [0.1, 0.15) is 6.92 Å². The van der Waals surface area contributed by atoms with E-state index in [2.05, 4.69) is 10.2 Å². The zero-order chi connectivity index (χ0) is 14.5. The molecule has 0 aromatic heterocycles. The first-order chi connectivity index (χ1) is 8.79. The molecule has 0 aromatic rings. The fraction of sp³-hybridized carbons (Fsp3) is 0.909. The Balaban J connectivity index is 2.31. The standard InChI is InChI=1S/C11H23N3O4S/c1-10(8-14-4-6-18-7-5-14)12-11(15)9-13(2)19(3,16)17/h10H,4-9H2,1-3H3,(H,12,15)/t10-/m1/s1. The molecule has 112 valence electrons. The van der Waals surface area contributed by atoms with Gasteiger partial charge in [-0.2, -0.15) is 4.31 Å². The lowest BCUT2D eigenvalue weighted by molar-refractivity contribution is -0.121. The molecule has 0 aromatic carbocycles. The molecule has 1 aliphatic heterocycles. The smallest absolute Gasteiger partial charge is 0.235 e. The normalized spacial score (nSPS) is 19.4. The highest BCUT2D eigenvalue weighted by Gasteiger charge is 2.18. The average Bonchev–Trinajstić information content (AvgIpc) is 2.28. The molecule has 0 bridgehead atoms. The van der Waals surface area contributed by atoms with Crippen molar-refractivity contribution in [3.8, 4) is 0 Å². The Bertz CT molecular complexity index is 393. The monoisotopic (exact) mass is 293 g/mol. The van der Waals surface area contributed by atoms with E-state index in [9.17, 15) is 13.2 Å². The SMILES string of the molecule is C[C@H](CN1CCOCC1)NC(=O)CN(C)S(C)(=O)=O. The van der Waals surface area contributed by atoms with Crippen LogP contribution >= 0.6 is 0 Å². The van der Waals surface area contributed by atoms with E-state index in [1.165, 1.54) is 7.05 Å². The van der Waals surface area contributed by atoms with Crippen LogP contribution in [0.15, 0.2) is 0 Å². The molecular weight excluding hydrogens is 270 g/mol. The van der Waals surface area contributed by atoms with Gasteiger partial charge in [-0.1, -0.05) is 0 Å². The fourth-order valence-electron chi connectivity index (χ4n) is 1.86. The largest absolute Gasteiger partial charge is 0.379 e. The van der Waals surface area contributed by atoms with Gasteiger partial charge in [-0.25, -0.2) is 8.42 Å². The van der Waals surface area contributed by atoms with Crippen molar-refractivity contribution in [3.63, 3.8) is 0 Å². The quantitative estimate of drug-likeness (QED) is 0.659. The molecule has 19 heavy (non-hydrogen) atoms. The van der Waals surface area contributed by atoms with E-state index >= 15 is 0 Å². The number of carbonyl (C=O) groups is 1. The summed E-state index contributed by atoms with van der Waals surface area (Å²) in [6.45, 7) is 5.68. The predicted molar refractivity (Wildman–Crippen MR) is 72.3 cm³/mol. The van der Waals surface area contributed by atoms with Crippen molar-refractivity contribution < 1.29 is 17.9 Å². The summed E-state index contributed by atoms with van der Waals surface area (Å²) in [6.07, 6.45) is 1.08. The summed E-state index contributed by atoms with van der Waals surface area (Å²) >= 11 is 0. The molecule has 8 heteroatoms. The number of morpholine rings is 1. The van der Waals surface area contributed by atoms with Crippen LogP contribution in [0, 0.1) is 0 Å². The Morgan fingerprint density at radius 3 is 2.53 bits per heavy atom. The van der Waals surface area contributed by atoms with Crippen LogP contribution in [0.25, 0.3) is 0 Å². The number of rotatable bonds is 6. The van der Waals surface area contributed by atoms with E-state index in [0.717, 1.165) is 43.4 Å². The summed E-state index contributed by atoms with van der Waals surface area (Å²) < 4.78 is 28.7. The maximum absolute atomic E-state index is 11.7. The van der Waals surface area contributed by atoms with Gasteiger partial charge in [0.05, 0.1) is 26.0 Å². The number of carbonyl (C=O) groups excluding carboxylic acids is 1. The van der Waals surface area contributed by atoms with Crippen LogP contribution in [0.5, 0.6) is 0 Å². The molecular formula is C11H23N3O4S. The highest BCUT2D eigenvalue weighted by molar-refractivity contribution is 7.88. The number of nitrogens with one attached hydrogen (secondary N) is 1. The second kappa shape index (κ2) is 7.18. The Morgan fingerprint density at radius 2 is 2.00 bits per heavy atom. The summed E-state index contributed by atoms with van der Waals surface area (Å²) in [5, 5.41) is 2.80. The van der Waals surface area contributed by atoms with Gasteiger partial charge in [-0.3, -0.25) is 9.69 Å². The molecule has 7 nitrogen and oxygen atoms in total. The van der Waals surface area contributed by atoms with E-state index in [4.69, 9.17) is 4.74 Å². The van der Waals surface area contributed by atoms with Crippen molar-refractivity contribution in [2.45, 2.75) is 13.0 Å². The molecule has 1 fully saturated rings. The Kier molecular flexibility index (Phi) is 6.18. The van der Waals surface area contributed by atoms with Gasteiger partial charge in [0, 0.05) is 32.7 Å². The van der Waals surface area contributed by atoms with Crippen LogP contribution in [-0.2, 0) is 19.6 Å². The highest BCUT2D eigenvalue weighted by atomic mass is 32.2. The lowest BCUT2D eigenvalue weighted by Crippen LogP contribution is -2.48. The average molecular weight is 293 g/mol. The van der Waals surface area contributed by atoms with E-state index in [0.29, 0.717) is 0 Å². The van der Waals surface area contributed by atoms with Crippen molar-refractivity contribution in [1.29, 1.82) is 0 Å². The number of hydrogen-bond donors (Lipinski definition) is 1. The molecule has 1 aliphatic rings. The fourth-order valence-corrected chi connectivity index (χ4v) is 2.21. The first kappa shape index (κ1) is 16.4. The topological polar surface area (TPSA) is 79.0 Å². The Labute approximate surface area is 114 Å². The van der Waals surface area contributed by atoms with Crippen LogP contribution in [0.3, 0.4) is 0 Å². The number of likely N-dealkylation sites (N-methyl/N-ethyl adjacent to an activating group) is 1. The van der Waals surface area contributed by atoms with Gasteiger partial charge in [-0.05, 0) is 6.92 Å². The van der Waals surface area contributed by atoms with Crippen LogP contribution in [0.2, 0.25) is 0 Å². The van der Waals surface area contributed by atoms with Gasteiger partial charge in [0.2, 0.25) is 15.9 Å². The van der Waals surface area contributed by atoms with Crippen molar-refractivity contribution in [2.75, 3.05) is 52.7 Å². The number of nitrogens with zero attached hydrogens (tertiary/aromatic N) is 2. The zero-order valence-corrected chi connectivity index (χ0v) is 12.6. The summed E-state index contributed by atoms with van der Waals surface area (Å²) in [5.41, 5.74) is 0. The molecule has 0 radical (unpaired) electrons. The van der Waals surface area contributed by atoms with Crippen LogP contribution in [-0.4, -0.2) is 82.3 Å². The zero-order valence-electron chi connectivity index (χ0n) is 11.8. The lowest BCUT2D eigenvalue weighted by atomic mass is 10.3. The van der Waals surface area contributed by atoms with Gasteiger partial charge < -0.3 is 10.1 Å². The molecule has 1 N–H and O–H groups in total. The lowest BCUT2D eigenvalue weighted by Gasteiger charge is -2.29. The number of ether oxygens (including phenoxy) is 1. The third-order valence-corrected chi connectivity index (χ3v) is 4.24. The number of sulfonamides is 1. The number of amides is 1. The van der Waals surface area contributed by atoms with Gasteiger partial charge in [0.15, 0.2) is 0 Å². The molecule has 0 unspecified atom stereocenters. The number of hydrogen-bond acceptors (Lipinski definition) is 5. The van der Waals surface area contributed by atoms with Crippen molar-refractivity contribution in [2.24, 2.45) is 0 Å². The third kappa shape index (κ3) is 6.33. The van der Waals surface area contributed by atoms with Gasteiger partial charge in [-0.15, -0.1) is 0 Å². The molecule has 0 spiro atoms. The van der Waals surface area contributed by atoms with E-state index in [1.807, 2.05) is 6.92 Å².